The number of rotatable bonds is 5. The summed E-state index contributed by atoms with van der Waals surface area (Å²) in [6.45, 7) is 0.687. The molecule has 0 radical (unpaired) electrons. The number of aromatic nitrogens is 2. The Balaban J connectivity index is 1.70. The maximum atomic E-state index is 9.61. The molecule has 0 unspecified atom stereocenters. The molecule has 4 rings (SSSR count). The van der Waals surface area contributed by atoms with Gasteiger partial charge in [0.05, 0.1) is 32.6 Å². The maximum absolute atomic E-state index is 9.61. The minimum absolute atomic E-state index is 0.110. The lowest BCUT2D eigenvalue weighted by Gasteiger charge is -2.17. The smallest absolute Gasteiger partial charge is 0.135 e. The third-order valence-electron chi connectivity index (χ3n) is 4.18. The molecule has 27 heavy (non-hydrogen) atoms. The summed E-state index contributed by atoms with van der Waals surface area (Å²) < 4.78 is 2.11. The van der Waals surface area contributed by atoms with Gasteiger partial charge in [0.2, 0.25) is 0 Å². The van der Waals surface area contributed by atoms with E-state index in [1.807, 2.05) is 48.3 Å². The van der Waals surface area contributed by atoms with Gasteiger partial charge in [0.25, 0.3) is 0 Å². The van der Waals surface area contributed by atoms with Crippen molar-refractivity contribution in [3.8, 4) is 6.07 Å². The van der Waals surface area contributed by atoms with E-state index in [0.29, 0.717) is 17.1 Å². The summed E-state index contributed by atoms with van der Waals surface area (Å²) in [5.41, 5.74) is 3.35. The fourth-order valence-corrected chi connectivity index (χ4v) is 4.64. The molecule has 1 N–H and O–H groups in total. The number of hydrogen-bond acceptors (Lipinski definition) is 7. The molecular weight excluding hydrogens is 376 g/mol. The van der Waals surface area contributed by atoms with E-state index >= 15 is 0 Å². The lowest BCUT2D eigenvalue weighted by Crippen LogP contribution is -2.20. The van der Waals surface area contributed by atoms with Crippen LogP contribution in [0.15, 0.2) is 42.5 Å². The molecule has 0 bridgehead atoms. The first kappa shape index (κ1) is 17.6. The van der Waals surface area contributed by atoms with Crippen molar-refractivity contribution in [1.82, 2.24) is 9.97 Å². The van der Waals surface area contributed by atoms with Gasteiger partial charge in [-0.05, 0) is 36.4 Å². The summed E-state index contributed by atoms with van der Waals surface area (Å²) in [7, 11) is 1.94. The highest BCUT2D eigenvalue weighted by atomic mass is 32.1. The van der Waals surface area contributed by atoms with E-state index in [1.54, 1.807) is 17.4 Å². The molecule has 2 aromatic carbocycles. The molecule has 0 fully saturated rings. The largest absolute Gasteiger partial charge is 0.395 e. The number of likely N-dealkylation sites (N-methyl/N-ethyl adjacent to an activating group) is 1. The molecule has 0 aliphatic carbocycles. The number of para-hydroxylation sites is 1. The van der Waals surface area contributed by atoms with Crippen LogP contribution in [0.25, 0.3) is 32.1 Å². The Morgan fingerprint density at radius 1 is 1.15 bits per heavy atom. The van der Waals surface area contributed by atoms with Crippen molar-refractivity contribution in [2.24, 2.45) is 0 Å². The number of benzene rings is 2. The Labute approximate surface area is 164 Å². The van der Waals surface area contributed by atoms with Crippen molar-refractivity contribution in [2.75, 3.05) is 25.1 Å². The predicted octanol–water partition coefficient (Wildman–Crippen LogP) is 4.40. The standard InChI is InChI=1S/C20H16N4OS2/c1-24(8-9-25)14-6-7-16-18(11-14)26-19(22-16)10-13(12-21)20-23-15-4-2-3-5-17(15)27-20/h2-7,10-11,25H,8-9H2,1H3/b13-10+. The number of aliphatic hydroxyl groups excluding tert-OH is 1. The minimum Gasteiger partial charge on any atom is -0.395 e. The van der Waals surface area contributed by atoms with Crippen molar-refractivity contribution in [3.05, 3.63) is 52.5 Å². The molecule has 2 aromatic heterocycles. The zero-order valence-electron chi connectivity index (χ0n) is 14.6. The van der Waals surface area contributed by atoms with Crippen LogP contribution in [0.4, 0.5) is 5.69 Å². The first-order valence-corrected chi connectivity index (χ1v) is 10.0. The second-order valence-electron chi connectivity index (χ2n) is 6.01. The zero-order valence-corrected chi connectivity index (χ0v) is 16.2. The van der Waals surface area contributed by atoms with Gasteiger partial charge in [-0.3, -0.25) is 0 Å². The molecule has 0 amide bonds. The first-order chi connectivity index (χ1) is 13.2. The van der Waals surface area contributed by atoms with E-state index in [-0.39, 0.29) is 6.61 Å². The van der Waals surface area contributed by atoms with Crippen molar-refractivity contribution in [2.45, 2.75) is 0 Å². The topological polar surface area (TPSA) is 73.0 Å². The van der Waals surface area contributed by atoms with Crippen LogP contribution in [0.1, 0.15) is 10.0 Å². The van der Waals surface area contributed by atoms with Gasteiger partial charge in [-0.15, -0.1) is 22.7 Å². The van der Waals surface area contributed by atoms with Crippen LogP contribution >= 0.6 is 22.7 Å². The van der Waals surface area contributed by atoms with Crippen LogP contribution in [-0.2, 0) is 0 Å². The van der Waals surface area contributed by atoms with E-state index in [9.17, 15) is 5.26 Å². The molecule has 2 heterocycles. The maximum Gasteiger partial charge on any atom is 0.135 e. The van der Waals surface area contributed by atoms with Crippen LogP contribution < -0.4 is 4.90 Å². The monoisotopic (exact) mass is 392 g/mol. The third-order valence-corrected chi connectivity index (χ3v) is 6.21. The van der Waals surface area contributed by atoms with E-state index in [4.69, 9.17) is 5.11 Å². The van der Waals surface area contributed by atoms with E-state index < -0.39 is 0 Å². The Bertz CT molecular complexity index is 1150. The van der Waals surface area contributed by atoms with Crippen LogP contribution in [-0.4, -0.2) is 35.3 Å². The van der Waals surface area contributed by atoms with Crippen molar-refractivity contribution in [3.63, 3.8) is 0 Å². The molecule has 0 aliphatic rings. The molecule has 0 atom stereocenters. The van der Waals surface area contributed by atoms with Gasteiger partial charge in [-0.2, -0.15) is 5.26 Å². The van der Waals surface area contributed by atoms with E-state index in [2.05, 4.69) is 22.1 Å². The lowest BCUT2D eigenvalue weighted by molar-refractivity contribution is 0.304. The van der Waals surface area contributed by atoms with Gasteiger partial charge in [-0.25, -0.2) is 9.97 Å². The van der Waals surface area contributed by atoms with E-state index in [1.165, 1.54) is 11.3 Å². The van der Waals surface area contributed by atoms with Gasteiger partial charge < -0.3 is 10.0 Å². The highest BCUT2D eigenvalue weighted by molar-refractivity contribution is 7.20. The fraction of sp³-hybridized carbons (Fsp3) is 0.150. The number of nitriles is 1. The Morgan fingerprint density at radius 2 is 1.96 bits per heavy atom. The average molecular weight is 393 g/mol. The van der Waals surface area contributed by atoms with Gasteiger partial charge in [0.1, 0.15) is 16.1 Å². The van der Waals surface area contributed by atoms with Crippen molar-refractivity contribution in [1.29, 1.82) is 5.26 Å². The highest BCUT2D eigenvalue weighted by Gasteiger charge is 2.11. The van der Waals surface area contributed by atoms with Gasteiger partial charge in [-0.1, -0.05) is 12.1 Å². The lowest BCUT2D eigenvalue weighted by atomic mass is 10.2. The zero-order chi connectivity index (χ0) is 18.8. The average Bonchev–Trinajstić information content (AvgIpc) is 3.28. The van der Waals surface area contributed by atoms with Crippen molar-refractivity contribution >= 4 is 60.4 Å². The molecule has 0 aliphatic heterocycles. The molecule has 7 heteroatoms. The number of aliphatic hydroxyl groups is 1. The fourth-order valence-electron chi connectivity index (χ4n) is 2.76. The number of nitrogens with zero attached hydrogens (tertiary/aromatic N) is 4. The molecular formula is C20H16N4OS2. The number of anilines is 1. The number of hydrogen-bond donors (Lipinski definition) is 1. The van der Waals surface area contributed by atoms with Crippen LogP contribution in [0.2, 0.25) is 0 Å². The molecule has 5 nitrogen and oxygen atoms in total. The number of allylic oxidation sites excluding steroid dienone is 1. The predicted molar refractivity (Wildman–Crippen MR) is 113 cm³/mol. The molecule has 134 valence electrons. The Kier molecular flexibility index (Phi) is 4.86. The van der Waals surface area contributed by atoms with Crippen LogP contribution in [0.3, 0.4) is 0 Å². The SMILES string of the molecule is CN(CCO)c1ccc2nc(/C=C(\C#N)c3nc4ccccc4s3)sc2c1. The summed E-state index contributed by atoms with van der Waals surface area (Å²) in [5.74, 6) is 0. The second-order valence-corrected chi connectivity index (χ2v) is 8.10. The van der Waals surface area contributed by atoms with Gasteiger partial charge in [0.15, 0.2) is 0 Å². The normalized spacial score (nSPS) is 11.8. The van der Waals surface area contributed by atoms with Crippen LogP contribution in [0.5, 0.6) is 0 Å². The van der Waals surface area contributed by atoms with Gasteiger partial charge in [0, 0.05) is 19.3 Å². The minimum atomic E-state index is 0.110. The van der Waals surface area contributed by atoms with Crippen LogP contribution in [0, 0.1) is 11.3 Å². The number of thiazole rings is 2. The molecule has 0 saturated heterocycles. The summed E-state index contributed by atoms with van der Waals surface area (Å²) in [6.07, 6.45) is 1.81. The van der Waals surface area contributed by atoms with Crippen molar-refractivity contribution < 1.29 is 5.11 Å². The van der Waals surface area contributed by atoms with Gasteiger partial charge >= 0.3 is 0 Å². The Hall–Kier alpha value is -2.79. The second kappa shape index (κ2) is 7.45. The Morgan fingerprint density at radius 3 is 2.74 bits per heavy atom. The molecule has 0 saturated carbocycles. The summed E-state index contributed by atoms with van der Waals surface area (Å²) >= 11 is 3.05. The molecule has 0 spiro atoms. The third kappa shape index (κ3) is 3.55. The summed E-state index contributed by atoms with van der Waals surface area (Å²) in [4.78, 5) is 11.2. The first-order valence-electron chi connectivity index (χ1n) is 8.38. The quantitative estimate of drug-likeness (QED) is 0.510. The van der Waals surface area contributed by atoms with E-state index in [0.717, 1.165) is 31.1 Å². The number of fused-ring (bicyclic) bond motifs is 2. The summed E-state index contributed by atoms with van der Waals surface area (Å²) in [5, 5.41) is 20.2. The molecule has 4 aromatic rings. The summed E-state index contributed by atoms with van der Waals surface area (Å²) in [6, 6.07) is 16.2. The highest BCUT2D eigenvalue weighted by Crippen LogP contribution is 2.31.